The maximum atomic E-state index is 6.11. The first-order valence-corrected chi connectivity index (χ1v) is 12.1. The lowest BCUT2D eigenvalue weighted by Crippen LogP contribution is -2.04. The molecule has 0 fully saturated rings. The number of hydrogen-bond acceptors (Lipinski definition) is 7. The van der Waals surface area contributed by atoms with Gasteiger partial charge in [0, 0.05) is 49.5 Å². The highest BCUT2D eigenvalue weighted by Gasteiger charge is 2.28. The molecule has 1 aliphatic rings. The largest absolute Gasteiger partial charge is 0.439 e. The van der Waals surface area contributed by atoms with Crippen molar-refractivity contribution in [3.05, 3.63) is 72.1 Å². The molecular formula is C29H22N8O. The van der Waals surface area contributed by atoms with Crippen molar-refractivity contribution in [3.63, 3.8) is 0 Å². The minimum Gasteiger partial charge on any atom is -0.439 e. The van der Waals surface area contributed by atoms with Gasteiger partial charge in [0.05, 0.1) is 16.8 Å². The average Bonchev–Trinajstić information content (AvgIpc) is 3.34. The zero-order valence-corrected chi connectivity index (χ0v) is 21.0. The Morgan fingerprint density at radius 1 is 1.00 bits per heavy atom. The lowest BCUT2D eigenvalue weighted by atomic mass is 9.97. The van der Waals surface area contributed by atoms with Crippen molar-refractivity contribution in [2.45, 2.75) is 13.5 Å². The van der Waals surface area contributed by atoms with Gasteiger partial charge in [0.2, 0.25) is 11.7 Å². The molecule has 0 radical (unpaired) electrons. The Kier molecular flexibility index (Phi) is 4.72. The number of pyridine rings is 1. The third-order valence-corrected chi connectivity index (χ3v) is 6.98. The molecule has 9 nitrogen and oxygen atoms in total. The summed E-state index contributed by atoms with van der Waals surface area (Å²) in [4.78, 5) is 22.6. The van der Waals surface area contributed by atoms with E-state index in [1.165, 1.54) is 0 Å². The summed E-state index contributed by atoms with van der Waals surface area (Å²) in [6.07, 6.45) is 8.93. The van der Waals surface area contributed by atoms with Gasteiger partial charge >= 0.3 is 0 Å². The predicted molar refractivity (Wildman–Crippen MR) is 146 cm³/mol. The summed E-state index contributed by atoms with van der Waals surface area (Å²) in [5.74, 6) is 4.96. The molecule has 38 heavy (non-hydrogen) atoms. The van der Waals surface area contributed by atoms with Gasteiger partial charge in [-0.25, -0.2) is 24.9 Å². The van der Waals surface area contributed by atoms with Gasteiger partial charge in [-0.2, -0.15) is 0 Å². The Balaban J connectivity index is 1.46. The number of ether oxygens (including phenoxy) is 1. The number of terminal acetylenes is 1. The van der Waals surface area contributed by atoms with Crippen LogP contribution >= 0.6 is 0 Å². The fraction of sp³-hybridized carbons (Fsp3) is 0.138. The van der Waals surface area contributed by atoms with Crippen molar-refractivity contribution in [3.8, 4) is 46.5 Å². The topological polar surface area (TPSA) is 95.6 Å². The van der Waals surface area contributed by atoms with Crippen molar-refractivity contribution in [1.82, 2.24) is 34.1 Å². The van der Waals surface area contributed by atoms with Crippen molar-refractivity contribution in [2.24, 2.45) is 14.1 Å². The van der Waals surface area contributed by atoms with Crippen LogP contribution in [0.3, 0.4) is 0 Å². The third-order valence-electron chi connectivity index (χ3n) is 6.98. The average molecular weight is 499 g/mol. The van der Waals surface area contributed by atoms with Crippen molar-refractivity contribution in [1.29, 1.82) is 0 Å². The molecule has 7 rings (SSSR count). The first kappa shape index (κ1) is 22.0. The van der Waals surface area contributed by atoms with Crippen LogP contribution in [0.15, 0.2) is 55.0 Å². The number of hydrogen-bond donors (Lipinski definition) is 1. The summed E-state index contributed by atoms with van der Waals surface area (Å²) in [5.41, 5.74) is 7.70. The fourth-order valence-corrected chi connectivity index (χ4v) is 5.25. The highest BCUT2D eigenvalue weighted by molar-refractivity contribution is 6.10. The normalized spacial score (nSPS) is 12.2. The van der Waals surface area contributed by atoms with Gasteiger partial charge in [0.15, 0.2) is 0 Å². The monoisotopic (exact) mass is 498 g/mol. The van der Waals surface area contributed by atoms with Gasteiger partial charge in [-0.05, 0) is 48.2 Å². The van der Waals surface area contributed by atoms with Crippen molar-refractivity contribution in [2.75, 3.05) is 5.32 Å². The Morgan fingerprint density at radius 2 is 1.89 bits per heavy atom. The smallest absolute Gasteiger partial charge is 0.219 e. The summed E-state index contributed by atoms with van der Waals surface area (Å²) in [5, 5.41) is 5.39. The molecule has 1 aliphatic heterocycles. The van der Waals surface area contributed by atoms with E-state index in [4.69, 9.17) is 11.2 Å². The van der Waals surface area contributed by atoms with Gasteiger partial charge in [0.1, 0.15) is 29.2 Å². The lowest BCUT2D eigenvalue weighted by molar-refractivity contribution is 0.461. The summed E-state index contributed by atoms with van der Waals surface area (Å²) < 4.78 is 10.3. The van der Waals surface area contributed by atoms with Gasteiger partial charge < -0.3 is 19.2 Å². The quantitative estimate of drug-likeness (QED) is 0.344. The fourth-order valence-electron chi connectivity index (χ4n) is 5.25. The lowest BCUT2D eigenvalue weighted by Gasteiger charge is -2.14. The number of nitrogens with zero attached hydrogens (tertiary/aromatic N) is 7. The maximum Gasteiger partial charge on any atom is 0.219 e. The summed E-state index contributed by atoms with van der Waals surface area (Å²) in [6.45, 7) is 2.53. The van der Waals surface area contributed by atoms with E-state index in [1.807, 2.05) is 45.3 Å². The van der Waals surface area contributed by atoms with Gasteiger partial charge in [-0.3, -0.25) is 0 Å². The molecule has 0 unspecified atom stereocenters. The van der Waals surface area contributed by atoms with Crippen LogP contribution in [-0.2, 0) is 20.6 Å². The third kappa shape index (κ3) is 3.24. The first-order valence-electron chi connectivity index (χ1n) is 12.1. The van der Waals surface area contributed by atoms with Crippen LogP contribution in [-0.4, -0.2) is 34.1 Å². The number of rotatable bonds is 3. The molecule has 0 amide bonds. The molecule has 0 aliphatic carbocycles. The summed E-state index contributed by atoms with van der Waals surface area (Å²) >= 11 is 0. The highest BCUT2D eigenvalue weighted by Crippen LogP contribution is 2.46. The van der Waals surface area contributed by atoms with E-state index in [0.29, 0.717) is 18.2 Å². The van der Waals surface area contributed by atoms with Crippen LogP contribution in [0.5, 0.6) is 11.6 Å². The molecule has 6 aromatic rings. The van der Waals surface area contributed by atoms with Crippen LogP contribution in [0.1, 0.15) is 17.1 Å². The van der Waals surface area contributed by atoms with Crippen molar-refractivity contribution >= 4 is 27.9 Å². The van der Waals surface area contributed by atoms with Gasteiger partial charge in [-0.1, -0.05) is 12.1 Å². The maximum absolute atomic E-state index is 6.11. The molecule has 9 heteroatoms. The Morgan fingerprint density at radius 3 is 2.74 bits per heavy atom. The Bertz CT molecular complexity index is 1960. The number of anilines is 1. The predicted octanol–water partition coefficient (Wildman–Crippen LogP) is 4.99. The van der Waals surface area contributed by atoms with E-state index in [9.17, 15) is 0 Å². The second-order valence-corrected chi connectivity index (χ2v) is 9.30. The molecule has 184 valence electrons. The van der Waals surface area contributed by atoms with Crippen molar-refractivity contribution < 1.29 is 4.74 Å². The van der Waals surface area contributed by atoms with Crippen LogP contribution in [0.2, 0.25) is 0 Å². The highest BCUT2D eigenvalue weighted by atomic mass is 16.5. The summed E-state index contributed by atoms with van der Waals surface area (Å²) in [7, 11) is 4.01. The second-order valence-electron chi connectivity index (χ2n) is 9.30. The van der Waals surface area contributed by atoms with E-state index >= 15 is 0 Å². The van der Waals surface area contributed by atoms with E-state index < -0.39 is 0 Å². The number of aromatic nitrogens is 7. The molecule has 0 saturated carbocycles. The first-order chi connectivity index (χ1) is 18.5. The molecule has 5 aromatic heterocycles. The molecule has 0 bridgehead atoms. The van der Waals surface area contributed by atoms with E-state index in [-0.39, 0.29) is 0 Å². The zero-order chi connectivity index (χ0) is 26.0. The molecule has 0 atom stereocenters. The SMILES string of the molecule is C#Cc1ncc2cc(-c3c4c5c(ncnc5n3C)NCc3cc(Oc5cccc(C)n5)ccc3-4)n(C)c2n1. The molecule has 1 N–H and O–H groups in total. The second kappa shape index (κ2) is 8.15. The van der Waals surface area contributed by atoms with Gasteiger partial charge in [-0.15, -0.1) is 6.42 Å². The van der Waals surface area contributed by atoms with Crippen LogP contribution in [0.25, 0.3) is 44.6 Å². The number of benzene rings is 1. The molecule has 0 spiro atoms. The minimum absolute atomic E-state index is 0.360. The summed E-state index contributed by atoms with van der Waals surface area (Å²) in [6, 6.07) is 14.0. The van der Waals surface area contributed by atoms with Crippen LogP contribution in [0, 0.1) is 19.3 Å². The number of fused-ring (bicyclic) bond motifs is 3. The molecule has 6 heterocycles. The molecular weight excluding hydrogens is 476 g/mol. The van der Waals surface area contributed by atoms with E-state index in [1.54, 1.807) is 12.5 Å². The van der Waals surface area contributed by atoms with Crippen LogP contribution in [0.4, 0.5) is 5.82 Å². The van der Waals surface area contributed by atoms with Gasteiger partial charge in [0.25, 0.3) is 0 Å². The number of aryl methyl sites for hydroxylation is 3. The Hall–Kier alpha value is -5.23. The molecule has 0 saturated heterocycles. The standard InChI is InChI=1S/C29H22N8O/c1-5-22-30-14-18-12-21(36(3)28(18)35-22)26-24-20-10-9-19(38-23-8-6-7-16(2)34-23)11-17(20)13-31-27-25(24)29(37(26)4)33-15-32-27/h1,6-12,14-15H,13H2,2-4H3,(H,31,32,33). The van der Waals surface area contributed by atoms with E-state index in [2.05, 4.69) is 63.5 Å². The van der Waals surface area contributed by atoms with Crippen LogP contribution < -0.4 is 10.1 Å². The van der Waals surface area contributed by atoms with E-state index in [0.717, 1.165) is 67.4 Å². The molecule has 1 aromatic carbocycles. The minimum atomic E-state index is 0.360. The number of nitrogens with one attached hydrogen (secondary N) is 1. The zero-order valence-electron chi connectivity index (χ0n) is 21.0. The Labute approximate surface area is 218 Å².